The molecule has 1 N–H and O–H groups in total. The van der Waals surface area contributed by atoms with Crippen molar-refractivity contribution in [2.45, 2.75) is 31.5 Å². The Morgan fingerprint density at radius 3 is 2.92 bits per heavy atom. The van der Waals surface area contributed by atoms with Crippen LogP contribution in [0.1, 0.15) is 40.5 Å². The predicted molar refractivity (Wildman–Crippen MR) is 87.2 cm³/mol. The number of fused-ring (bicyclic) bond motifs is 1. The average Bonchev–Trinajstić information content (AvgIpc) is 2.95. The summed E-state index contributed by atoms with van der Waals surface area (Å²) in [6.07, 6.45) is 0.970. The van der Waals surface area contributed by atoms with Crippen molar-refractivity contribution in [1.29, 1.82) is 0 Å². The Kier molecular flexibility index (Phi) is 5.08. The molecule has 0 bridgehead atoms. The smallest absolute Gasteiger partial charge is 0.422 e. The Morgan fingerprint density at radius 1 is 1.46 bits per heavy atom. The Bertz CT molecular complexity index is 822. The lowest BCUT2D eigenvalue weighted by Crippen LogP contribution is -2.31. The molecule has 0 radical (unpaired) electrons. The number of aromatic nitrogens is 3. The lowest BCUT2D eigenvalue weighted by Gasteiger charge is -2.23. The minimum Gasteiger partial charge on any atom is -0.467 e. The number of aryl methyl sites for hydroxylation is 1. The van der Waals surface area contributed by atoms with Gasteiger partial charge >= 0.3 is 6.18 Å². The summed E-state index contributed by atoms with van der Waals surface area (Å²) in [5, 5.41) is 6.95. The van der Waals surface area contributed by atoms with Gasteiger partial charge in [-0.15, -0.1) is 0 Å². The van der Waals surface area contributed by atoms with Gasteiger partial charge in [0.2, 0.25) is 5.88 Å². The van der Waals surface area contributed by atoms with Crippen LogP contribution >= 0.6 is 11.6 Å². The molecule has 1 aliphatic carbocycles. The molecule has 0 saturated carbocycles. The summed E-state index contributed by atoms with van der Waals surface area (Å²) in [5.74, 6) is -0.781. The fraction of sp³-hybridized carbons (Fsp3) is 0.438. The third kappa shape index (κ3) is 4.09. The zero-order chi connectivity index (χ0) is 18.9. The number of amides is 1. The molecule has 140 valence electrons. The standard InChI is InChI=1S/C16H16ClF3N4O2/c1-24-13-4-2-3-12(10(13)7-22-24)23-14(25)9-5-11(17)15(21-6-9)26-8-16(18,19)20/h5-7,12H,2-4,8H2,1H3,(H,23,25)/t12-/m1/s1. The first kappa shape index (κ1) is 18.5. The van der Waals surface area contributed by atoms with E-state index < -0.39 is 18.7 Å². The minimum absolute atomic E-state index is 0.144. The molecule has 6 nitrogen and oxygen atoms in total. The number of nitrogens with zero attached hydrogens (tertiary/aromatic N) is 3. The van der Waals surface area contributed by atoms with Crippen molar-refractivity contribution in [1.82, 2.24) is 20.1 Å². The van der Waals surface area contributed by atoms with Crippen LogP contribution < -0.4 is 10.1 Å². The molecule has 10 heteroatoms. The second-order valence-electron chi connectivity index (χ2n) is 6.00. The van der Waals surface area contributed by atoms with Crippen LogP contribution in [0.5, 0.6) is 5.88 Å². The highest BCUT2D eigenvalue weighted by Gasteiger charge is 2.29. The second-order valence-corrected chi connectivity index (χ2v) is 6.41. The van der Waals surface area contributed by atoms with Gasteiger partial charge in [0, 0.05) is 24.5 Å². The molecular weight excluding hydrogens is 373 g/mol. The van der Waals surface area contributed by atoms with E-state index >= 15 is 0 Å². The first-order valence-electron chi connectivity index (χ1n) is 7.91. The lowest BCUT2D eigenvalue weighted by molar-refractivity contribution is -0.154. The Hall–Kier alpha value is -2.29. The van der Waals surface area contributed by atoms with E-state index in [-0.39, 0.29) is 22.5 Å². The molecule has 0 saturated heterocycles. The zero-order valence-electron chi connectivity index (χ0n) is 13.8. The summed E-state index contributed by atoms with van der Waals surface area (Å²) in [6.45, 7) is -1.50. The van der Waals surface area contributed by atoms with Gasteiger partial charge in [-0.05, 0) is 25.3 Å². The van der Waals surface area contributed by atoms with E-state index in [1.165, 1.54) is 6.07 Å². The van der Waals surface area contributed by atoms with E-state index in [2.05, 4.69) is 20.1 Å². The molecule has 0 fully saturated rings. The number of halogens is 4. The van der Waals surface area contributed by atoms with Crippen molar-refractivity contribution in [2.24, 2.45) is 7.05 Å². The van der Waals surface area contributed by atoms with Gasteiger partial charge < -0.3 is 10.1 Å². The maximum Gasteiger partial charge on any atom is 0.422 e. The van der Waals surface area contributed by atoms with Crippen molar-refractivity contribution < 1.29 is 22.7 Å². The van der Waals surface area contributed by atoms with Gasteiger partial charge in [-0.3, -0.25) is 9.48 Å². The van der Waals surface area contributed by atoms with Crippen LogP contribution in [-0.2, 0) is 13.5 Å². The molecule has 1 aliphatic rings. The fourth-order valence-corrected chi connectivity index (χ4v) is 3.12. The number of nitrogens with one attached hydrogen (secondary N) is 1. The van der Waals surface area contributed by atoms with Gasteiger partial charge in [0.1, 0.15) is 5.02 Å². The van der Waals surface area contributed by atoms with Crippen molar-refractivity contribution in [2.75, 3.05) is 6.61 Å². The highest BCUT2D eigenvalue weighted by molar-refractivity contribution is 6.32. The van der Waals surface area contributed by atoms with Crippen molar-refractivity contribution >= 4 is 17.5 Å². The van der Waals surface area contributed by atoms with E-state index in [0.717, 1.165) is 36.7 Å². The van der Waals surface area contributed by atoms with E-state index in [0.29, 0.717) is 0 Å². The van der Waals surface area contributed by atoms with E-state index in [4.69, 9.17) is 11.6 Å². The molecule has 0 aliphatic heterocycles. The van der Waals surface area contributed by atoms with Gasteiger partial charge in [0.05, 0.1) is 17.8 Å². The number of alkyl halides is 3. The number of hydrogen-bond acceptors (Lipinski definition) is 4. The van der Waals surface area contributed by atoms with Gasteiger partial charge in [-0.25, -0.2) is 4.98 Å². The molecule has 2 aromatic rings. The molecule has 3 rings (SSSR count). The van der Waals surface area contributed by atoms with Crippen molar-refractivity contribution in [3.8, 4) is 5.88 Å². The Morgan fingerprint density at radius 2 is 2.23 bits per heavy atom. The highest BCUT2D eigenvalue weighted by Crippen LogP contribution is 2.30. The van der Waals surface area contributed by atoms with Crippen LogP contribution in [0.4, 0.5) is 13.2 Å². The highest BCUT2D eigenvalue weighted by atomic mass is 35.5. The largest absolute Gasteiger partial charge is 0.467 e. The van der Waals surface area contributed by atoms with E-state index in [9.17, 15) is 18.0 Å². The molecular formula is C16H16ClF3N4O2. The molecule has 0 unspecified atom stereocenters. The maximum atomic E-state index is 12.5. The third-order valence-corrected chi connectivity index (χ3v) is 4.39. The Labute approximate surface area is 152 Å². The fourth-order valence-electron chi connectivity index (χ4n) is 2.90. The number of ether oxygens (including phenoxy) is 1. The van der Waals surface area contributed by atoms with Crippen LogP contribution in [0.15, 0.2) is 18.5 Å². The summed E-state index contributed by atoms with van der Waals surface area (Å²) >= 11 is 5.88. The van der Waals surface area contributed by atoms with Gasteiger partial charge in [-0.1, -0.05) is 11.6 Å². The third-order valence-electron chi connectivity index (χ3n) is 4.12. The minimum atomic E-state index is -4.50. The summed E-state index contributed by atoms with van der Waals surface area (Å²) in [5.41, 5.74) is 2.19. The quantitative estimate of drug-likeness (QED) is 0.873. The monoisotopic (exact) mass is 388 g/mol. The molecule has 0 aromatic carbocycles. The maximum absolute atomic E-state index is 12.5. The predicted octanol–water partition coefficient (Wildman–Crippen LogP) is 3.22. The first-order chi connectivity index (χ1) is 12.2. The van der Waals surface area contributed by atoms with Gasteiger partial charge in [-0.2, -0.15) is 18.3 Å². The van der Waals surface area contributed by atoms with E-state index in [1.807, 2.05) is 7.05 Å². The van der Waals surface area contributed by atoms with Crippen molar-refractivity contribution in [3.05, 3.63) is 40.3 Å². The van der Waals surface area contributed by atoms with Crippen LogP contribution in [0.2, 0.25) is 5.02 Å². The van der Waals surface area contributed by atoms with Crippen LogP contribution in [0.25, 0.3) is 0 Å². The summed E-state index contributed by atoms with van der Waals surface area (Å²) in [7, 11) is 1.85. The molecule has 1 atom stereocenters. The molecule has 26 heavy (non-hydrogen) atoms. The number of hydrogen-bond donors (Lipinski definition) is 1. The zero-order valence-corrected chi connectivity index (χ0v) is 14.6. The topological polar surface area (TPSA) is 69.0 Å². The number of pyridine rings is 1. The normalized spacial score (nSPS) is 16.9. The van der Waals surface area contributed by atoms with Crippen LogP contribution in [0, 0.1) is 0 Å². The van der Waals surface area contributed by atoms with Crippen molar-refractivity contribution in [3.63, 3.8) is 0 Å². The first-order valence-corrected chi connectivity index (χ1v) is 8.29. The average molecular weight is 389 g/mol. The number of rotatable bonds is 4. The summed E-state index contributed by atoms with van der Waals surface area (Å²) in [6, 6.07) is 1.06. The van der Waals surface area contributed by atoms with Crippen LogP contribution in [0.3, 0.4) is 0 Å². The SMILES string of the molecule is Cn1ncc2c1CCC[C@H]2NC(=O)c1cnc(OCC(F)(F)F)c(Cl)c1. The number of carbonyl (C=O) groups is 1. The second kappa shape index (κ2) is 7.14. The Balaban J connectivity index is 1.70. The summed E-state index contributed by atoms with van der Waals surface area (Å²) < 4.78 is 42.9. The molecule has 1 amide bonds. The molecule has 2 aromatic heterocycles. The number of carbonyl (C=O) groups excluding carboxylic acids is 1. The summed E-state index contributed by atoms with van der Waals surface area (Å²) in [4.78, 5) is 16.2. The lowest BCUT2D eigenvalue weighted by atomic mass is 9.93. The van der Waals surface area contributed by atoms with E-state index in [1.54, 1.807) is 10.9 Å². The molecule has 2 heterocycles. The van der Waals surface area contributed by atoms with Crippen LogP contribution in [-0.4, -0.2) is 33.5 Å². The molecule has 0 spiro atoms. The van der Waals surface area contributed by atoms with Gasteiger partial charge in [0.25, 0.3) is 5.91 Å². The van der Waals surface area contributed by atoms with Gasteiger partial charge in [0.15, 0.2) is 6.61 Å².